The van der Waals surface area contributed by atoms with Crippen molar-refractivity contribution in [3.8, 4) is 0 Å². The number of rotatable bonds is 2. The molecule has 0 heterocycles. The van der Waals surface area contributed by atoms with Gasteiger partial charge in [0.15, 0.2) is 0 Å². The predicted molar refractivity (Wildman–Crippen MR) is 36.3 cm³/mol. The van der Waals surface area contributed by atoms with Gasteiger partial charge in [0.1, 0.15) is 0 Å². The lowest BCUT2D eigenvalue weighted by Crippen LogP contribution is -2.42. The van der Waals surface area contributed by atoms with Crippen molar-refractivity contribution in [2.24, 2.45) is 5.92 Å². The first-order valence-electron chi connectivity index (χ1n) is 3.11. The molecule has 0 saturated heterocycles. The summed E-state index contributed by atoms with van der Waals surface area (Å²) in [6, 6.07) is 0.715. The van der Waals surface area contributed by atoms with E-state index >= 15 is 0 Å². The Hall–Kier alpha value is 0.250. The van der Waals surface area contributed by atoms with E-state index in [-0.39, 0.29) is 0 Å². The molecule has 1 rings (SSSR count). The van der Waals surface area contributed by atoms with E-state index in [2.05, 4.69) is 5.32 Å². The Morgan fingerprint density at radius 3 is 2.50 bits per heavy atom. The molecule has 0 aromatic heterocycles. The first-order valence-corrected chi connectivity index (χ1v) is 3.65. The fourth-order valence-electron chi connectivity index (χ4n) is 1.13. The summed E-state index contributed by atoms with van der Waals surface area (Å²) in [7, 11) is 2.00. The molecule has 48 valence electrons. The van der Waals surface area contributed by atoms with Crippen molar-refractivity contribution in [1.29, 1.82) is 0 Å². The monoisotopic (exact) mass is 133 g/mol. The van der Waals surface area contributed by atoms with Gasteiger partial charge in [-0.15, -0.1) is 11.6 Å². The minimum absolute atomic E-state index is 0.715. The van der Waals surface area contributed by atoms with Gasteiger partial charge in [0.05, 0.1) is 0 Å². The maximum Gasteiger partial charge on any atom is 0.0266 e. The normalized spacial score (nSPS) is 36.8. The van der Waals surface area contributed by atoms with Gasteiger partial charge in [-0.25, -0.2) is 0 Å². The minimum atomic E-state index is 0.715. The van der Waals surface area contributed by atoms with Crippen LogP contribution in [0.15, 0.2) is 0 Å². The Bertz CT molecular complexity index is 60.9. The van der Waals surface area contributed by atoms with Gasteiger partial charge in [0.2, 0.25) is 0 Å². The van der Waals surface area contributed by atoms with E-state index in [0.717, 1.165) is 11.8 Å². The quantitative estimate of drug-likeness (QED) is 0.559. The van der Waals surface area contributed by atoms with Crippen LogP contribution in [0.1, 0.15) is 12.8 Å². The highest BCUT2D eigenvalue weighted by molar-refractivity contribution is 6.18. The summed E-state index contributed by atoms with van der Waals surface area (Å²) >= 11 is 5.64. The second-order valence-electron chi connectivity index (χ2n) is 2.39. The van der Waals surface area contributed by atoms with Gasteiger partial charge in [-0.1, -0.05) is 0 Å². The van der Waals surface area contributed by atoms with Crippen molar-refractivity contribution in [3.05, 3.63) is 0 Å². The van der Waals surface area contributed by atoms with Crippen LogP contribution in [0.5, 0.6) is 0 Å². The molecular weight excluding hydrogens is 122 g/mol. The molecular formula is C6H12ClN. The molecule has 0 aromatic rings. The van der Waals surface area contributed by atoms with Crippen LogP contribution in [-0.2, 0) is 0 Å². The Balaban J connectivity index is 2.16. The van der Waals surface area contributed by atoms with E-state index < -0.39 is 0 Å². The van der Waals surface area contributed by atoms with E-state index in [1.54, 1.807) is 0 Å². The molecule has 1 aliphatic rings. The van der Waals surface area contributed by atoms with Crippen LogP contribution in [0.25, 0.3) is 0 Å². The topological polar surface area (TPSA) is 12.0 Å². The Morgan fingerprint density at radius 2 is 2.38 bits per heavy atom. The molecule has 0 amide bonds. The molecule has 1 nitrogen and oxygen atoms in total. The predicted octanol–water partition coefficient (Wildman–Crippen LogP) is 1.22. The highest BCUT2D eigenvalue weighted by Gasteiger charge is 2.27. The summed E-state index contributed by atoms with van der Waals surface area (Å²) in [4.78, 5) is 0. The lowest BCUT2D eigenvalue weighted by atomic mass is 9.81. The first-order chi connectivity index (χ1) is 3.88. The fourth-order valence-corrected chi connectivity index (χ4v) is 1.50. The Kier molecular flexibility index (Phi) is 2.15. The molecule has 0 spiro atoms. The number of nitrogens with one attached hydrogen (secondary N) is 1. The van der Waals surface area contributed by atoms with Crippen LogP contribution in [0, 0.1) is 5.92 Å². The van der Waals surface area contributed by atoms with Crippen LogP contribution in [0.4, 0.5) is 0 Å². The summed E-state index contributed by atoms with van der Waals surface area (Å²) in [6.07, 6.45) is 2.63. The zero-order valence-electron chi connectivity index (χ0n) is 5.15. The van der Waals surface area contributed by atoms with Crippen molar-refractivity contribution in [2.75, 3.05) is 12.9 Å². The summed E-state index contributed by atoms with van der Waals surface area (Å²) < 4.78 is 0. The van der Waals surface area contributed by atoms with Crippen molar-refractivity contribution < 1.29 is 0 Å². The summed E-state index contributed by atoms with van der Waals surface area (Å²) in [5.41, 5.74) is 0. The fraction of sp³-hybridized carbons (Fsp3) is 1.00. The maximum atomic E-state index is 5.64. The smallest absolute Gasteiger partial charge is 0.0266 e. The van der Waals surface area contributed by atoms with E-state index in [1.165, 1.54) is 12.8 Å². The van der Waals surface area contributed by atoms with E-state index in [4.69, 9.17) is 11.6 Å². The number of hydrogen-bond acceptors (Lipinski definition) is 1. The van der Waals surface area contributed by atoms with Crippen LogP contribution in [0.2, 0.25) is 0 Å². The third-order valence-corrected chi connectivity index (χ3v) is 2.38. The van der Waals surface area contributed by atoms with Gasteiger partial charge in [-0.2, -0.15) is 0 Å². The first kappa shape index (κ1) is 6.37. The van der Waals surface area contributed by atoms with E-state index in [9.17, 15) is 0 Å². The third-order valence-electron chi connectivity index (χ3n) is 1.99. The average molecular weight is 134 g/mol. The second kappa shape index (κ2) is 2.70. The molecule has 0 radical (unpaired) electrons. The van der Waals surface area contributed by atoms with Crippen LogP contribution in [-0.4, -0.2) is 19.0 Å². The lowest BCUT2D eigenvalue weighted by molar-refractivity contribution is 0.246. The van der Waals surface area contributed by atoms with Crippen LogP contribution < -0.4 is 5.32 Å². The molecule has 0 aliphatic heterocycles. The maximum absolute atomic E-state index is 5.64. The molecule has 1 fully saturated rings. The highest BCUT2D eigenvalue weighted by Crippen LogP contribution is 2.27. The Morgan fingerprint density at radius 1 is 1.62 bits per heavy atom. The average Bonchev–Trinajstić information content (AvgIpc) is 1.66. The lowest BCUT2D eigenvalue weighted by Gasteiger charge is -2.34. The molecule has 8 heavy (non-hydrogen) atoms. The number of alkyl halides is 1. The molecule has 1 unspecified atom stereocenters. The van der Waals surface area contributed by atoms with Crippen molar-refractivity contribution in [3.63, 3.8) is 0 Å². The van der Waals surface area contributed by atoms with E-state index in [1.807, 2.05) is 7.05 Å². The molecule has 1 N–H and O–H groups in total. The van der Waals surface area contributed by atoms with Gasteiger partial charge in [0, 0.05) is 11.9 Å². The minimum Gasteiger partial charge on any atom is -0.317 e. The van der Waals surface area contributed by atoms with Crippen molar-refractivity contribution >= 4 is 11.6 Å². The summed E-state index contributed by atoms with van der Waals surface area (Å²) in [6.45, 7) is 0. The molecule has 2 atom stereocenters. The standard InChI is InChI=1S/C6H12ClN/c1-8-6-3-2-5(6)4-7/h5-6,8H,2-4H2,1H3/t5-,6?/m1/s1. The van der Waals surface area contributed by atoms with Gasteiger partial charge < -0.3 is 5.32 Å². The second-order valence-corrected chi connectivity index (χ2v) is 2.70. The van der Waals surface area contributed by atoms with E-state index in [0.29, 0.717) is 6.04 Å². The van der Waals surface area contributed by atoms with Crippen molar-refractivity contribution in [2.45, 2.75) is 18.9 Å². The number of hydrogen-bond donors (Lipinski definition) is 1. The molecule has 2 heteroatoms. The van der Waals surface area contributed by atoms with Crippen molar-refractivity contribution in [1.82, 2.24) is 5.32 Å². The largest absolute Gasteiger partial charge is 0.317 e. The molecule has 0 aromatic carbocycles. The van der Waals surface area contributed by atoms with Gasteiger partial charge in [-0.3, -0.25) is 0 Å². The van der Waals surface area contributed by atoms with Gasteiger partial charge in [0.25, 0.3) is 0 Å². The third kappa shape index (κ3) is 0.981. The highest BCUT2D eigenvalue weighted by atomic mass is 35.5. The van der Waals surface area contributed by atoms with Crippen LogP contribution >= 0.6 is 11.6 Å². The SMILES string of the molecule is CNC1CC[C@@H]1CCl. The zero-order chi connectivity index (χ0) is 5.98. The van der Waals surface area contributed by atoms with Gasteiger partial charge in [-0.05, 0) is 25.8 Å². The summed E-state index contributed by atoms with van der Waals surface area (Å²) in [5, 5.41) is 3.22. The zero-order valence-corrected chi connectivity index (χ0v) is 5.91. The molecule has 1 saturated carbocycles. The molecule has 1 aliphatic carbocycles. The summed E-state index contributed by atoms with van der Waals surface area (Å²) in [5.74, 6) is 1.58. The van der Waals surface area contributed by atoms with Gasteiger partial charge >= 0.3 is 0 Å². The van der Waals surface area contributed by atoms with Crippen LogP contribution in [0.3, 0.4) is 0 Å². The number of halogens is 1. The molecule has 0 bridgehead atoms. The Labute approximate surface area is 55.4 Å².